The van der Waals surface area contributed by atoms with Crippen LogP contribution < -0.4 is 10.1 Å². The van der Waals surface area contributed by atoms with Gasteiger partial charge in [-0.15, -0.1) is 0 Å². The molecule has 2 aromatic carbocycles. The first-order valence-corrected chi connectivity index (χ1v) is 14.0. The van der Waals surface area contributed by atoms with Crippen LogP contribution in [0.2, 0.25) is 5.02 Å². The molecule has 0 aliphatic carbocycles. The van der Waals surface area contributed by atoms with E-state index in [2.05, 4.69) is 61.1 Å². The molecule has 39 heavy (non-hydrogen) atoms. The molecule has 2 amide bonds. The number of hydrogen-bond acceptors (Lipinski definition) is 4. The van der Waals surface area contributed by atoms with Gasteiger partial charge in [0.15, 0.2) is 0 Å². The second kappa shape index (κ2) is 13.7. The van der Waals surface area contributed by atoms with Crippen molar-refractivity contribution in [2.75, 3.05) is 14.1 Å². The lowest BCUT2D eigenvalue weighted by molar-refractivity contribution is -0.128. The van der Waals surface area contributed by atoms with E-state index in [9.17, 15) is 9.59 Å². The fourth-order valence-electron chi connectivity index (χ4n) is 4.39. The molecule has 1 heterocycles. The summed E-state index contributed by atoms with van der Waals surface area (Å²) >= 11 is 6.36. The van der Waals surface area contributed by atoms with Gasteiger partial charge in [-0.2, -0.15) is 0 Å². The SMILES string of the molecule is CCn1cc(-c2ccc(C[C@@H](CCC(=O)N(C)C)NC(=O)c3ccc(OC(C)C)c(Cl)c3)cc2)nc1C(C)C. The Morgan fingerprint density at radius 2 is 1.77 bits per heavy atom. The van der Waals surface area contributed by atoms with Crippen LogP contribution in [-0.4, -0.2) is 52.5 Å². The minimum atomic E-state index is -0.238. The Kier molecular flexibility index (Phi) is 10.6. The summed E-state index contributed by atoms with van der Waals surface area (Å²) in [5, 5.41) is 3.50. The number of nitrogens with one attached hydrogen (secondary N) is 1. The minimum absolute atomic E-state index is 0.0215. The Morgan fingerprint density at radius 3 is 2.31 bits per heavy atom. The van der Waals surface area contributed by atoms with Crippen molar-refractivity contribution < 1.29 is 14.3 Å². The molecule has 0 unspecified atom stereocenters. The van der Waals surface area contributed by atoms with E-state index in [1.165, 1.54) is 0 Å². The summed E-state index contributed by atoms with van der Waals surface area (Å²) < 4.78 is 7.87. The molecule has 0 saturated carbocycles. The summed E-state index contributed by atoms with van der Waals surface area (Å²) in [6.45, 7) is 11.1. The zero-order valence-corrected chi connectivity index (χ0v) is 24.9. The van der Waals surface area contributed by atoms with Gasteiger partial charge < -0.3 is 19.5 Å². The second-order valence-corrected chi connectivity index (χ2v) is 11.0. The summed E-state index contributed by atoms with van der Waals surface area (Å²) in [5.41, 5.74) is 3.52. The van der Waals surface area contributed by atoms with Crippen LogP contribution in [-0.2, 0) is 17.8 Å². The Labute approximate surface area is 237 Å². The van der Waals surface area contributed by atoms with Crippen LogP contribution in [0.25, 0.3) is 11.3 Å². The van der Waals surface area contributed by atoms with Crippen LogP contribution in [0.5, 0.6) is 5.75 Å². The van der Waals surface area contributed by atoms with Crippen LogP contribution in [0, 0.1) is 0 Å². The fraction of sp³-hybridized carbons (Fsp3) is 0.452. The van der Waals surface area contributed by atoms with E-state index < -0.39 is 0 Å². The van der Waals surface area contributed by atoms with E-state index >= 15 is 0 Å². The van der Waals surface area contributed by atoms with Gasteiger partial charge in [0.2, 0.25) is 5.91 Å². The molecule has 0 aliphatic rings. The summed E-state index contributed by atoms with van der Waals surface area (Å²) in [7, 11) is 3.48. The third kappa shape index (κ3) is 8.33. The van der Waals surface area contributed by atoms with Crippen molar-refractivity contribution >= 4 is 23.4 Å². The van der Waals surface area contributed by atoms with Gasteiger partial charge in [0.05, 0.1) is 16.8 Å². The highest BCUT2D eigenvalue weighted by molar-refractivity contribution is 6.32. The zero-order valence-electron chi connectivity index (χ0n) is 24.1. The lowest BCUT2D eigenvalue weighted by atomic mass is 9.99. The molecule has 0 radical (unpaired) electrons. The Hall–Kier alpha value is -3.32. The highest BCUT2D eigenvalue weighted by Crippen LogP contribution is 2.27. The molecule has 7 nitrogen and oxygen atoms in total. The van der Waals surface area contributed by atoms with E-state index in [4.69, 9.17) is 21.3 Å². The monoisotopic (exact) mass is 552 g/mol. The van der Waals surface area contributed by atoms with Crippen LogP contribution in [0.15, 0.2) is 48.7 Å². The summed E-state index contributed by atoms with van der Waals surface area (Å²) in [6.07, 6.45) is 3.53. The van der Waals surface area contributed by atoms with Crippen LogP contribution >= 0.6 is 11.6 Å². The van der Waals surface area contributed by atoms with Crippen molar-refractivity contribution in [2.24, 2.45) is 0 Å². The fourth-order valence-corrected chi connectivity index (χ4v) is 4.61. The maximum Gasteiger partial charge on any atom is 0.251 e. The Balaban J connectivity index is 1.76. The molecule has 1 N–H and O–H groups in total. The molecule has 1 aromatic heterocycles. The average molecular weight is 553 g/mol. The van der Waals surface area contributed by atoms with Crippen molar-refractivity contribution in [1.29, 1.82) is 0 Å². The second-order valence-electron chi connectivity index (χ2n) is 10.6. The number of imidazole rings is 1. The number of benzene rings is 2. The number of aryl methyl sites for hydroxylation is 1. The average Bonchev–Trinajstić information content (AvgIpc) is 3.33. The van der Waals surface area contributed by atoms with Gasteiger partial charge in [-0.25, -0.2) is 4.98 Å². The molecule has 8 heteroatoms. The van der Waals surface area contributed by atoms with E-state index in [0.717, 1.165) is 29.2 Å². The topological polar surface area (TPSA) is 76.5 Å². The third-order valence-electron chi connectivity index (χ3n) is 6.49. The minimum Gasteiger partial charge on any atom is -0.489 e. The molecule has 0 bridgehead atoms. The first kappa shape index (κ1) is 30.2. The van der Waals surface area contributed by atoms with Crippen molar-refractivity contribution in [3.63, 3.8) is 0 Å². The number of halogens is 1. The first-order chi connectivity index (χ1) is 18.5. The summed E-state index contributed by atoms with van der Waals surface area (Å²) in [4.78, 5) is 31.9. The predicted molar refractivity (Wildman–Crippen MR) is 158 cm³/mol. The van der Waals surface area contributed by atoms with Crippen molar-refractivity contribution in [1.82, 2.24) is 19.8 Å². The molecule has 1 atom stereocenters. The van der Waals surface area contributed by atoms with Crippen LogP contribution in [0.3, 0.4) is 0 Å². The van der Waals surface area contributed by atoms with E-state index in [-0.39, 0.29) is 24.0 Å². The van der Waals surface area contributed by atoms with Gasteiger partial charge in [0, 0.05) is 56.3 Å². The van der Waals surface area contributed by atoms with Gasteiger partial charge >= 0.3 is 0 Å². The van der Waals surface area contributed by atoms with E-state index in [0.29, 0.717) is 41.5 Å². The van der Waals surface area contributed by atoms with Gasteiger partial charge in [0.25, 0.3) is 5.91 Å². The maximum atomic E-state index is 13.1. The Bertz CT molecular complexity index is 1270. The molecular weight excluding hydrogens is 512 g/mol. The summed E-state index contributed by atoms with van der Waals surface area (Å²) in [5.74, 6) is 1.75. The number of carbonyl (C=O) groups is 2. The van der Waals surface area contributed by atoms with E-state index in [1.54, 1.807) is 37.2 Å². The Morgan fingerprint density at radius 1 is 1.08 bits per heavy atom. The standard InChI is InChI=1S/C31H41ClN4O3/c1-8-36-19-27(34-30(36)20(2)3)23-11-9-22(10-12-23)17-25(14-16-29(37)35(6)7)33-31(38)24-13-15-28(26(32)18-24)39-21(4)5/h9-13,15,18-21,25H,8,14,16-17H2,1-7H3,(H,33,38)/t25-/m1/s1. The smallest absolute Gasteiger partial charge is 0.251 e. The number of amides is 2. The van der Waals surface area contributed by atoms with Crippen LogP contribution in [0.4, 0.5) is 0 Å². The first-order valence-electron chi connectivity index (χ1n) is 13.6. The van der Waals surface area contributed by atoms with Gasteiger partial charge in [-0.3, -0.25) is 9.59 Å². The molecule has 0 spiro atoms. The van der Waals surface area contributed by atoms with Crippen LogP contribution in [0.1, 0.15) is 75.1 Å². The highest BCUT2D eigenvalue weighted by atomic mass is 35.5. The maximum absolute atomic E-state index is 13.1. The number of ether oxygens (including phenoxy) is 1. The van der Waals surface area contributed by atoms with Gasteiger partial charge in [-0.1, -0.05) is 49.7 Å². The highest BCUT2D eigenvalue weighted by Gasteiger charge is 2.19. The third-order valence-corrected chi connectivity index (χ3v) is 6.79. The number of carbonyl (C=O) groups excluding carboxylic acids is 2. The lowest BCUT2D eigenvalue weighted by Crippen LogP contribution is -2.37. The molecule has 0 aliphatic heterocycles. The zero-order chi connectivity index (χ0) is 28.7. The number of aromatic nitrogens is 2. The quantitative estimate of drug-likeness (QED) is 0.284. The summed E-state index contributed by atoms with van der Waals surface area (Å²) in [6, 6.07) is 13.1. The number of nitrogens with zero attached hydrogens (tertiary/aromatic N) is 3. The lowest BCUT2D eigenvalue weighted by Gasteiger charge is -2.20. The van der Waals surface area contributed by atoms with Gasteiger partial charge in [-0.05, 0) is 57.4 Å². The van der Waals surface area contributed by atoms with Crippen molar-refractivity contribution in [3.8, 4) is 17.0 Å². The molecule has 0 fully saturated rings. The predicted octanol–water partition coefficient (Wildman–Crippen LogP) is 6.34. The molecule has 3 rings (SSSR count). The molecular formula is C31H41ClN4O3. The molecule has 210 valence electrons. The molecule has 0 saturated heterocycles. The largest absolute Gasteiger partial charge is 0.489 e. The van der Waals surface area contributed by atoms with E-state index in [1.807, 2.05) is 13.8 Å². The van der Waals surface area contributed by atoms with Crippen molar-refractivity contribution in [2.45, 2.75) is 78.5 Å². The van der Waals surface area contributed by atoms with Gasteiger partial charge in [0.1, 0.15) is 11.6 Å². The number of hydrogen-bond donors (Lipinski definition) is 1. The number of rotatable bonds is 12. The normalized spacial score (nSPS) is 12.1. The van der Waals surface area contributed by atoms with Crippen molar-refractivity contribution in [3.05, 3.63) is 70.6 Å². The molecule has 3 aromatic rings.